The molecule has 0 aliphatic rings. The van der Waals surface area contributed by atoms with Crippen molar-refractivity contribution in [3.8, 4) is 5.88 Å². The lowest BCUT2D eigenvalue weighted by atomic mass is 10.1. The van der Waals surface area contributed by atoms with Crippen molar-refractivity contribution in [1.82, 2.24) is 10.5 Å². The van der Waals surface area contributed by atoms with Crippen molar-refractivity contribution < 1.29 is 33.9 Å². The Kier molecular flexibility index (Phi) is 5.51. The number of rotatable bonds is 8. The van der Waals surface area contributed by atoms with Crippen molar-refractivity contribution in [2.24, 2.45) is 0 Å². The van der Waals surface area contributed by atoms with E-state index >= 15 is 0 Å². The van der Waals surface area contributed by atoms with Crippen molar-refractivity contribution >= 4 is 17.8 Å². The van der Waals surface area contributed by atoms with Gasteiger partial charge >= 0.3 is 11.9 Å². The zero-order valence-corrected chi connectivity index (χ0v) is 10.7. The second-order valence-corrected chi connectivity index (χ2v) is 3.96. The van der Waals surface area contributed by atoms with Gasteiger partial charge in [0, 0.05) is 12.5 Å². The number of aromatic nitrogens is 1. The molecule has 1 amide bonds. The van der Waals surface area contributed by atoms with Crippen LogP contribution in [-0.4, -0.2) is 45.9 Å². The predicted octanol–water partition coefficient (Wildman–Crippen LogP) is -0.204. The predicted molar refractivity (Wildman–Crippen MR) is 63.2 cm³/mol. The first kappa shape index (κ1) is 15.5. The molecule has 9 nitrogen and oxygen atoms in total. The van der Waals surface area contributed by atoms with Crippen molar-refractivity contribution in [2.45, 2.75) is 25.8 Å². The van der Waals surface area contributed by atoms with Gasteiger partial charge in [-0.15, -0.1) is 0 Å². The highest BCUT2D eigenvalue weighted by Crippen LogP contribution is 2.09. The minimum atomic E-state index is -1.31. The summed E-state index contributed by atoms with van der Waals surface area (Å²) < 4.78 is 9.68. The van der Waals surface area contributed by atoms with Gasteiger partial charge in [0.1, 0.15) is 11.8 Å². The molecule has 0 spiro atoms. The van der Waals surface area contributed by atoms with Crippen molar-refractivity contribution in [2.75, 3.05) is 6.61 Å². The molecule has 0 unspecified atom stereocenters. The van der Waals surface area contributed by atoms with Gasteiger partial charge in [0.25, 0.3) is 11.8 Å². The smallest absolute Gasteiger partial charge is 0.326 e. The molecular weight excluding hydrogens is 272 g/mol. The van der Waals surface area contributed by atoms with Crippen molar-refractivity contribution in [3.05, 3.63) is 11.8 Å². The van der Waals surface area contributed by atoms with E-state index in [4.69, 9.17) is 19.5 Å². The lowest BCUT2D eigenvalue weighted by molar-refractivity contribution is -0.143. The Bertz CT molecular complexity index is 497. The number of carboxylic acid groups (broad SMARTS) is 2. The maximum absolute atomic E-state index is 11.5. The normalized spacial score (nSPS) is 11.7. The Morgan fingerprint density at radius 3 is 2.65 bits per heavy atom. The Morgan fingerprint density at radius 1 is 1.45 bits per heavy atom. The summed E-state index contributed by atoms with van der Waals surface area (Å²) in [7, 11) is 0. The number of carbonyl (C=O) groups is 3. The minimum Gasteiger partial charge on any atom is -0.481 e. The van der Waals surface area contributed by atoms with Crippen LogP contribution in [0.4, 0.5) is 0 Å². The molecule has 1 aromatic rings. The summed E-state index contributed by atoms with van der Waals surface area (Å²) in [6, 6.07) is 0.188. The molecule has 1 rings (SSSR count). The Labute approximate surface area is 113 Å². The Balaban J connectivity index is 2.41. The first-order chi connectivity index (χ1) is 9.38. The zero-order valence-electron chi connectivity index (χ0n) is 10.7. The van der Waals surface area contributed by atoms with Gasteiger partial charge < -0.3 is 24.8 Å². The van der Waals surface area contributed by atoms with Crippen LogP contribution in [0.15, 0.2) is 10.6 Å². The van der Waals surface area contributed by atoms with Gasteiger partial charge in [0.05, 0.1) is 0 Å². The molecule has 9 heteroatoms. The maximum atomic E-state index is 11.5. The van der Waals surface area contributed by atoms with Crippen LogP contribution in [-0.2, 0) is 14.4 Å². The van der Waals surface area contributed by atoms with Gasteiger partial charge in [-0.3, -0.25) is 9.59 Å². The van der Waals surface area contributed by atoms with Crippen LogP contribution in [0.3, 0.4) is 0 Å². The van der Waals surface area contributed by atoms with Gasteiger partial charge in [-0.05, 0) is 18.5 Å². The first-order valence-corrected chi connectivity index (χ1v) is 5.68. The minimum absolute atomic E-state index is 0.107. The number of nitrogens with one attached hydrogen (secondary N) is 1. The fourth-order valence-corrected chi connectivity index (χ4v) is 1.31. The van der Waals surface area contributed by atoms with Crippen LogP contribution in [0.5, 0.6) is 5.88 Å². The Morgan fingerprint density at radius 2 is 2.15 bits per heavy atom. The van der Waals surface area contributed by atoms with Gasteiger partial charge in [0.15, 0.2) is 6.61 Å². The summed E-state index contributed by atoms with van der Waals surface area (Å²) in [6.45, 7) is 1.20. The number of aryl methyl sites for hydroxylation is 1. The van der Waals surface area contributed by atoms with Gasteiger partial charge in [0.2, 0.25) is 0 Å². The highest BCUT2D eigenvalue weighted by molar-refractivity contribution is 5.84. The van der Waals surface area contributed by atoms with E-state index in [9.17, 15) is 14.4 Å². The van der Waals surface area contributed by atoms with Gasteiger partial charge in [-0.1, -0.05) is 0 Å². The molecule has 0 aliphatic heterocycles. The highest BCUT2D eigenvalue weighted by Gasteiger charge is 2.21. The number of hydrogen-bond donors (Lipinski definition) is 3. The molecule has 0 saturated heterocycles. The summed E-state index contributed by atoms with van der Waals surface area (Å²) in [5, 5.41) is 23.0. The van der Waals surface area contributed by atoms with Crippen LogP contribution < -0.4 is 10.1 Å². The Hall–Kier alpha value is -2.58. The van der Waals surface area contributed by atoms with Crippen LogP contribution in [0.25, 0.3) is 0 Å². The fourth-order valence-electron chi connectivity index (χ4n) is 1.31. The van der Waals surface area contributed by atoms with Gasteiger partial charge in [-0.2, -0.15) is 0 Å². The van der Waals surface area contributed by atoms with Crippen LogP contribution in [0.1, 0.15) is 18.6 Å². The maximum Gasteiger partial charge on any atom is 0.326 e. The molecule has 110 valence electrons. The summed E-state index contributed by atoms with van der Waals surface area (Å²) in [5.74, 6) is -2.53. The molecular formula is C11H14N2O7. The molecule has 1 heterocycles. The molecule has 0 saturated carbocycles. The summed E-state index contributed by atoms with van der Waals surface area (Å²) >= 11 is 0. The molecule has 0 fully saturated rings. The summed E-state index contributed by atoms with van der Waals surface area (Å²) in [4.78, 5) is 32.7. The monoisotopic (exact) mass is 286 g/mol. The average molecular weight is 286 g/mol. The van der Waals surface area contributed by atoms with Crippen LogP contribution >= 0.6 is 0 Å². The number of nitrogens with zero attached hydrogens (tertiary/aromatic N) is 1. The number of ether oxygens (including phenoxy) is 1. The lowest BCUT2D eigenvalue weighted by Crippen LogP contribution is -2.43. The summed E-state index contributed by atoms with van der Waals surface area (Å²) in [5.41, 5.74) is 0. The molecule has 0 aliphatic carbocycles. The van der Waals surface area contributed by atoms with E-state index in [2.05, 4.69) is 10.5 Å². The second-order valence-electron chi connectivity index (χ2n) is 3.96. The van der Waals surface area contributed by atoms with E-state index < -0.39 is 30.5 Å². The number of carboxylic acids is 2. The number of carbonyl (C=O) groups excluding carboxylic acids is 1. The molecule has 0 radical (unpaired) electrons. The van der Waals surface area contributed by atoms with Crippen molar-refractivity contribution in [1.29, 1.82) is 0 Å². The second kappa shape index (κ2) is 7.12. The van der Waals surface area contributed by atoms with Gasteiger partial charge in [-0.25, -0.2) is 4.79 Å². The number of hydrogen-bond acceptors (Lipinski definition) is 6. The molecule has 1 aromatic heterocycles. The average Bonchev–Trinajstić information content (AvgIpc) is 2.77. The molecule has 20 heavy (non-hydrogen) atoms. The largest absolute Gasteiger partial charge is 0.481 e. The van der Waals surface area contributed by atoms with E-state index in [0.717, 1.165) is 0 Å². The third-order valence-corrected chi connectivity index (χ3v) is 2.24. The van der Waals surface area contributed by atoms with E-state index in [-0.39, 0.29) is 18.7 Å². The standard InChI is InChI=1S/C11H14N2O7/c1-6-4-9(13-20-6)19-5-8(14)12-7(11(17)18)2-3-10(15)16/h4,7H,2-3,5H2,1H3,(H,12,14)(H,15,16)(H,17,18)/t7-/m0/s1. The third kappa shape index (κ3) is 5.38. The topological polar surface area (TPSA) is 139 Å². The SMILES string of the molecule is Cc1cc(OCC(=O)N[C@@H](CCC(=O)O)C(=O)O)no1. The van der Waals surface area contributed by atoms with Crippen molar-refractivity contribution in [3.63, 3.8) is 0 Å². The molecule has 0 bridgehead atoms. The van der Waals surface area contributed by atoms with Crippen LogP contribution in [0.2, 0.25) is 0 Å². The zero-order chi connectivity index (χ0) is 15.1. The van der Waals surface area contributed by atoms with Crippen LogP contribution in [0, 0.1) is 6.92 Å². The quantitative estimate of drug-likeness (QED) is 0.596. The van der Waals surface area contributed by atoms with E-state index in [1.54, 1.807) is 6.92 Å². The number of amides is 1. The lowest BCUT2D eigenvalue weighted by Gasteiger charge is -2.13. The number of aliphatic carboxylic acids is 2. The summed E-state index contributed by atoms with van der Waals surface area (Å²) in [6.07, 6.45) is -0.569. The highest BCUT2D eigenvalue weighted by atomic mass is 16.5. The van der Waals surface area contributed by atoms with E-state index in [0.29, 0.717) is 5.76 Å². The fraction of sp³-hybridized carbons (Fsp3) is 0.455. The molecule has 1 atom stereocenters. The third-order valence-electron chi connectivity index (χ3n) is 2.24. The molecule has 0 aromatic carbocycles. The van der Waals surface area contributed by atoms with E-state index in [1.807, 2.05) is 0 Å². The molecule has 3 N–H and O–H groups in total. The first-order valence-electron chi connectivity index (χ1n) is 5.68. The van der Waals surface area contributed by atoms with E-state index in [1.165, 1.54) is 6.07 Å².